The van der Waals surface area contributed by atoms with E-state index < -0.39 is 0 Å². The van der Waals surface area contributed by atoms with Crippen molar-refractivity contribution < 1.29 is 0 Å². The Morgan fingerprint density at radius 3 is 2.14 bits per heavy atom. The van der Waals surface area contributed by atoms with Crippen LogP contribution >= 0.6 is 0 Å². The van der Waals surface area contributed by atoms with Crippen LogP contribution in [0.15, 0.2) is 90.6 Å². The smallest absolute Gasteiger partial charge is 0.00947 e. The van der Waals surface area contributed by atoms with Crippen LogP contribution < -0.4 is 0 Å². The zero-order chi connectivity index (χ0) is 20.9. The molecule has 148 valence electrons. The van der Waals surface area contributed by atoms with Crippen molar-refractivity contribution in [2.75, 3.05) is 0 Å². The quantitative estimate of drug-likeness (QED) is 0.338. The Morgan fingerprint density at radius 2 is 1.57 bits per heavy atom. The summed E-state index contributed by atoms with van der Waals surface area (Å²) in [5.74, 6) is 0. The van der Waals surface area contributed by atoms with Gasteiger partial charge in [0.05, 0.1) is 0 Å². The fourth-order valence-electron chi connectivity index (χ4n) is 2.91. The summed E-state index contributed by atoms with van der Waals surface area (Å²) in [4.78, 5) is 0. The molecule has 0 nitrogen and oxygen atoms in total. The van der Waals surface area contributed by atoms with E-state index in [1.54, 1.807) is 0 Å². The van der Waals surface area contributed by atoms with Gasteiger partial charge in [0.1, 0.15) is 0 Å². The highest BCUT2D eigenvalue weighted by atomic mass is 14.1. The highest BCUT2D eigenvalue weighted by Crippen LogP contribution is 2.24. The van der Waals surface area contributed by atoms with Gasteiger partial charge < -0.3 is 0 Å². The zero-order valence-corrected chi connectivity index (χ0v) is 18.5. The van der Waals surface area contributed by atoms with Crippen molar-refractivity contribution in [3.8, 4) is 0 Å². The van der Waals surface area contributed by atoms with Gasteiger partial charge in [-0.25, -0.2) is 0 Å². The second kappa shape index (κ2) is 12.7. The lowest BCUT2D eigenvalue weighted by atomic mass is 9.95. The molecular weight excluding hydrogens is 336 g/mol. The Labute approximate surface area is 173 Å². The average molecular weight is 373 g/mol. The molecule has 0 bridgehead atoms. The molecule has 0 N–H and O–H groups in total. The summed E-state index contributed by atoms with van der Waals surface area (Å²) in [5.41, 5.74) is 8.90. The summed E-state index contributed by atoms with van der Waals surface area (Å²) in [6, 6.07) is 17.3. The summed E-state index contributed by atoms with van der Waals surface area (Å²) in [6.45, 7) is 16.6. The molecule has 28 heavy (non-hydrogen) atoms. The van der Waals surface area contributed by atoms with Crippen LogP contribution in [-0.2, 0) is 6.42 Å². The minimum Gasteiger partial charge on any atom is -0.0958 e. The number of hydrogen-bond donors (Lipinski definition) is 0. The van der Waals surface area contributed by atoms with E-state index in [1.807, 2.05) is 13.8 Å². The topological polar surface area (TPSA) is 0 Å². The predicted molar refractivity (Wildman–Crippen MR) is 128 cm³/mol. The molecule has 0 fully saturated rings. The van der Waals surface area contributed by atoms with E-state index >= 15 is 0 Å². The molecule has 0 aromatic heterocycles. The van der Waals surface area contributed by atoms with Gasteiger partial charge in [0.2, 0.25) is 0 Å². The standard InChI is InChI=1S/C26H30.C2H6/c1-6-24(26-14-10-7-11-22(26)5)19-25(20(2)3)13-9-8-12-23-17-15-21(4)16-18-23;1-2/h6-11,14-19H,2,12-13H2,1,3-5H3;1-2H3/b9-8+,24-6-,25-19+;. The first-order chi connectivity index (χ1) is 13.5. The van der Waals surface area contributed by atoms with Gasteiger partial charge in [-0.15, -0.1) is 0 Å². The summed E-state index contributed by atoms with van der Waals surface area (Å²) in [7, 11) is 0. The lowest BCUT2D eigenvalue weighted by Crippen LogP contribution is -1.90. The Bertz CT molecular complexity index is 827. The van der Waals surface area contributed by atoms with Crippen LogP contribution in [0.5, 0.6) is 0 Å². The van der Waals surface area contributed by atoms with Crippen molar-refractivity contribution in [2.24, 2.45) is 0 Å². The van der Waals surface area contributed by atoms with Crippen LogP contribution in [0.4, 0.5) is 0 Å². The van der Waals surface area contributed by atoms with Crippen LogP contribution in [0.25, 0.3) is 5.57 Å². The maximum Gasteiger partial charge on any atom is -0.00947 e. The molecule has 2 aromatic rings. The molecule has 0 amide bonds. The van der Waals surface area contributed by atoms with E-state index in [4.69, 9.17) is 0 Å². The minimum absolute atomic E-state index is 0.907. The molecule has 2 aromatic carbocycles. The molecule has 0 aliphatic rings. The van der Waals surface area contributed by atoms with Crippen LogP contribution in [0.2, 0.25) is 0 Å². The van der Waals surface area contributed by atoms with Gasteiger partial charge in [0, 0.05) is 0 Å². The highest BCUT2D eigenvalue weighted by Gasteiger charge is 2.04. The van der Waals surface area contributed by atoms with E-state index in [-0.39, 0.29) is 0 Å². The number of benzene rings is 2. The minimum atomic E-state index is 0.907. The molecule has 0 aliphatic heterocycles. The SMILES string of the molecule is C=C(C)/C(=C/C(=C/C)c1ccccc1C)C/C=C/Cc1ccc(C)cc1.CC. The molecular formula is C28H36. The zero-order valence-electron chi connectivity index (χ0n) is 18.5. The lowest BCUT2D eigenvalue weighted by Gasteiger charge is -2.10. The van der Waals surface area contributed by atoms with Crippen LogP contribution in [-0.4, -0.2) is 0 Å². The molecule has 0 unspecified atom stereocenters. The summed E-state index contributed by atoms with van der Waals surface area (Å²) in [5, 5.41) is 0. The van der Waals surface area contributed by atoms with Crippen LogP contribution in [0.3, 0.4) is 0 Å². The summed E-state index contributed by atoms with van der Waals surface area (Å²) < 4.78 is 0. The molecule has 0 heterocycles. The van der Waals surface area contributed by atoms with Gasteiger partial charge >= 0.3 is 0 Å². The third kappa shape index (κ3) is 7.56. The van der Waals surface area contributed by atoms with Crippen molar-refractivity contribution in [3.05, 3.63) is 113 Å². The number of aryl methyl sites for hydroxylation is 2. The maximum atomic E-state index is 4.18. The monoisotopic (exact) mass is 372 g/mol. The van der Waals surface area contributed by atoms with E-state index in [1.165, 1.54) is 33.4 Å². The second-order valence-corrected chi connectivity index (χ2v) is 6.87. The number of hydrogen-bond acceptors (Lipinski definition) is 0. The lowest BCUT2D eigenvalue weighted by molar-refractivity contribution is 1.18. The first-order valence-corrected chi connectivity index (χ1v) is 10.3. The maximum absolute atomic E-state index is 4.18. The van der Waals surface area contributed by atoms with Crippen molar-refractivity contribution in [3.63, 3.8) is 0 Å². The van der Waals surface area contributed by atoms with Gasteiger partial charge in [-0.3, -0.25) is 0 Å². The van der Waals surface area contributed by atoms with Gasteiger partial charge in [-0.2, -0.15) is 0 Å². The molecule has 0 atom stereocenters. The molecule has 0 spiro atoms. The molecule has 0 saturated heterocycles. The highest BCUT2D eigenvalue weighted by molar-refractivity contribution is 5.77. The number of allylic oxidation sites excluding steroid dienone is 7. The molecule has 0 heteroatoms. The van der Waals surface area contributed by atoms with Crippen molar-refractivity contribution in [1.82, 2.24) is 0 Å². The third-order valence-corrected chi connectivity index (χ3v) is 4.62. The number of rotatable bonds is 7. The molecule has 0 radical (unpaired) electrons. The Morgan fingerprint density at radius 1 is 0.929 bits per heavy atom. The first-order valence-electron chi connectivity index (χ1n) is 10.3. The summed E-state index contributed by atoms with van der Waals surface area (Å²) >= 11 is 0. The normalized spacial score (nSPS) is 11.9. The Kier molecular flexibility index (Phi) is 10.7. The van der Waals surface area contributed by atoms with E-state index in [2.05, 4.69) is 107 Å². The van der Waals surface area contributed by atoms with E-state index in [9.17, 15) is 0 Å². The average Bonchev–Trinajstić information content (AvgIpc) is 2.71. The van der Waals surface area contributed by atoms with Crippen molar-refractivity contribution in [2.45, 2.75) is 54.4 Å². The third-order valence-electron chi connectivity index (χ3n) is 4.62. The second-order valence-electron chi connectivity index (χ2n) is 6.87. The van der Waals surface area contributed by atoms with Gasteiger partial charge in [0.25, 0.3) is 0 Å². The predicted octanol–water partition coefficient (Wildman–Crippen LogP) is 8.42. The fraction of sp³-hybridized carbons (Fsp3) is 0.286. The van der Waals surface area contributed by atoms with Gasteiger partial charge in [-0.1, -0.05) is 104 Å². The van der Waals surface area contributed by atoms with Crippen LogP contribution in [0, 0.1) is 13.8 Å². The van der Waals surface area contributed by atoms with E-state index in [0.717, 1.165) is 18.4 Å². The molecule has 0 saturated carbocycles. The summed E-state index contributed by atoms with van der Waals surface area (Å²) in [6.07, 6.45) is 10.8. The fourth-order valence-corrected chi connectivity index (χ4v) is 2.91. The Balaban J connectivity index is 0.00000190. The Hall–Kier alpha value is -2.60. The van der Waals surface area contributed by atoms with Crippen molar-refractivity contribution >= 4 is 5.57 Å². The van der Waals surface area contributed by atoms with Gasteiger partial charge in [0.15, 0.2) is 0 Å². The van der Waals surface area contributed by atoms with Crippen LogP contribution in [0.1, 0.15) is 56.4 Å². The largest absolute Gasteiger partial charge is 0.0958 e. The van der Waals surface area contributed by atoms with E-state index in [0.29, 0.717) is 0 Å². The van der Waals surface area contributed by atoms with Crippen molar-refractivity contribution in [1.29, 1.82) is 0 Å². The van der Waals surface area contributed by atoms with Gasteiger partial charge in [-0.05, 0) is 68.4 Å². The molecule has 0 aliphatic carbocycles. The molecule has 2 rings (SSSR count). The first kappa shape index (κ1) is 23.4.